The topological polar surface area (TPSA) is 81.6 Å². The summed E-state index contributed by atoms with van der Waals surface area (Å²) in [6.07, 6.45) is 0.799. The van der Waals surface area contributed by atoms with Crippen LogP contribution in [0.5, 0.6) is 0 Å². The van der Waals surface area contributed by atoms with Crippen LogP contribution in [0.2, 0.25) is 5.22 Å². The van der Waals surface area contributed by atoms with Gasteiger partial charge in [-0.1, -0.05) is 0 Å². The van der Waals surface area contributed by atoms with Crippen molar-refractivity contribution in [2.45, 2.75) is 26.1 Å². The molecule has 0 N–H and O–H groups in total. The summed E-state index contributed by atoms with van der Waals surface area (Å²) in [5, 5.41) is 7.83. The highest BCUT2D eigenvalue weighted by atomic mass is 35.5. The molecule has 0 saturated carbocycles. The molecule has 0 unspecified atom stereocenters. The number of furan rings is 1. The van der Waals surface area contributed by atoms with Crippen molar-refractivity contribution in [2.75, 3.05) is 13.1 Å². The lowest BCUT2D eigenvalue weighted by Crippen LogP contribution is -2.46. The number of ether oxygens (including phenoxy) is 1. The van der Waals surface area contributed by atoms with Crippen LogP contribution in [0.15, 0.2) is 21.2 Å². The van der Waals surface area contributed by atoms with Crippen LogP contribution in [0, 0.1) is 6.92 Å². The maximum absolute atomic E-state index is 12.5. The van der Waals surface area contributed by atoms with E-state index >= 15 is 0 Å². The number of nitrogens with zero attached hydrogens (tertiary/aromatic N) is 3. The molecule has 0 aliphatic carbocycles. The molecule has 0 bridgehead atoms. The van der Waals surface area contributed by atoms with Gasteiger partial charge >= 0.3 is 0 Å². The Morgan fingerprint density at radius 3 is 2.86 bits per heavy atom. The average Bonchev–Trinajstić information content (AvgIpc) is 3.06. The maximum Gasteiger partial charge on any atom is 0.258 e. The molecule has 8 heteroatoms. The van der Waals surface area contributed by atoms with Gasteiger partial charge in [-0.15, -0.1) is 10.2 Å². The average molecular weight is 312 g/mol. The van der Waals surface area contributed by atoms with Crippen molar-refractivity contribution in [3.8, 4) is 0 Å². The van der Waals surface area contributed by atoms with Crippen LogP contribution in [0.25, 0.3) is 0 Å². The largest absolute Gasteiger partial charge is 0.452 e. The zero-order valence-corrected chi connectivity index (χ0v) is 12.3. The number of amides is 1. The van der Waals surface area contributed by atoms with Crippen LogP contribution in [-0.4, -0.2) is 40.2 Å². The van der Waals surface area contributed by atoms with Crippen molar-refractivity contribution in [3.63, 3.8) is 0 Å². The second-order valence-electron chi connectivity index (χ2n) is 4.91. The van der Waals surface area contributed by atoms with E-state index in [0.717, 1.165) is 0 Å². The maximum atomic E-state index is 12.5. The van der Waals surface area contributed by atoms with Crippen LogP contribution in [0.3, 0.4) is 0 Å². The molecule has 21 heavy (non-hydrogen) atoms. The van der Waals surface area contributed by atoms with Gasteiger partial charge in [0.15, 0.2) is 6.10 Å². The van der Waals surface area contributed by atoms with Gasteiger partial charge in [-0.25, -0.2) is 0 Å². The molecule has 1 amide bonds. The predicted molar refractivity (Wildman–Crippen MR) is 71.9 cm³/mol. The van der Waals surface area contributed by atoms with Gasteiger partial charge in [0.2, 0.25) is 17.0 Å². The first kappa shape index (κ1) is 14.1. The number of aromatic nitrogens is 2. The van der Waals surface area contributed by atoms with Crippen LogP contribution < -0.4 is 0 Å². The van der Waals surface area contributed by atoms with Crippen LogP contribution >= 0.6 is 11.6 Å². The fourth-order valence-electron chi connectivity index (χ4n) is 2.31. The molecule has 0 aromatic carbocycles. The lowest BCUT2D eigenvalue weighted by molar-refractivity contribution is -0.0796. The van der Waals surface area contributed by atoms with Crippen molar-refractivity contribution < 1.29 is 18.4 Å². The van der Waals surface area contributed by atoms with E-state index in [1.54, 1.807) is 17.9 Å². The summed E-state index contributed by atoms with van der Waals surface area (Å²) >= 11 is 5.86. The van der Waals surface area contributed by atoms with Gasteiger partial charge in [0, 0.05) is 13.5 Å². The quantitative estimate of drug-likeness (QED) is 0.846. The molecule has 2 aromatic heterocycles. The van der Waals surface area contributed by atoms with Crippen LogP contribution in [0.1, 0.15) is 35.2 Å². The second-order valence-corrected chi connectivity index (χ2v) is 5.26. The molecule has 1 aliphatic rings. The van der Waals surface area contributed by atoms with Gasteiger partial charge in [-0.2, -0.15) is 0 Å². The number of aryl methyl sites for hydroxylation is 1. The summed E-state index contributed by atoms with van der Waals surface area (Å²) in [6.45, 7) is 4.37. The molecular formula is C13H14ClN3O4. The van der Waals surface area contributed by atoms with E-state index in [9.17, 15) is 4.79 Å². The predicted octanol–water partition coefficient (Wildman–Crippen LogP) is 2.23. The molecule has 7 nitrogen and oxygen atoms in total. The minimum absolute atomic E-state index is 0.0873. The van der Waals surface area contributed by atoms with E-state index in [4.69, 9.17) is 25.2 Å². The molecule has 3 heterocycles. The van der Waals surface area contributed by atoms with Gasteiger partial charge in [0.05, 0.1) is 24.5 Å². The third-order valence-electron chi connectivity index (χ3n) is 3.21. The van der Waals surface area contributed by atoms with Gasteiger partial charge in [-0.3, -0.25) is 4.79 Å². The minimum Gasteiger partial charge on any atom is -0.452 e. The smallest absolute Gasteiger partial charge is 0.258 e. The minimum atomic E-state index is -0.440. The summed E-state index contributed by atoms with van der Waals surface area (Å²) in [5.41, 5.74) is 0.339. The third-order valence-corrected chi connectivity index (χ3v) is 3.51. The summed E-state index contributed by atoms with van der Waals surface area (Å²) < 4.78 is 16.1. The zero-order valence-electron chi connectivity index (χ0n) is 11.6. The van der Waals surface area contributed by atoms with E-state index < -0.39 is 6.10 Å². The molecule has 0 radical (unpaired) electrons. The van der Waals surface area contributed by atoms with Crippen molar-refractivity contribution in [1.82, 2.24) is 15.1 Å². The monoisotopic (exact) mass is 311 g/mol. The number of morpholine rings is 1. The third kappa shape index (κ3) is 2.79. The first-order valence-electron chi connectivity index (χ1n) is 6.52. The highest BCUT2D eigenvalue weighted by Gasteiger charge is 2.33. The van der Waals surface area contributed by atoms with E-state index in [2.05, 4.69) is 10.2 Å². The number of rotatable bonds is 2. The molecular weight excluding hydrogens is 298 g/mol. The van der Waals surface area contributed by atoms with E-state index in [1.807, 2.05) is 6.92 Å². The molecule has 2 atom stereocenters. The highest BCUT2D eigenvalue weighted by molar-refractivity contribution is 6.32. The summed E-state index contributed by atoms with van der Waals surface area (Å²) in [4.78, 5) is 14.1. The lowest BCUT2D eigenvalue weighted by atomic mass is 10.2. The van der Waals surface area contributed by atoms with Gasteiger partial charge in [0.25, 0.3) is 5.91 Å². The second kappa shape index (κ2) is 5.50. The first-order valence-corrected chi connectivity index (χ1v) is 6.90. The van der Waals surface area contributed by atoms with E-state index in [1.165, 1.54) is 6.26 Å². The molecule has 112 valence electrons. The normalized spacial score (nSPS) is 22.5. The Morgan fingerprint density at radius 1 is 1.43 bits per heavy atom. The molecule has 0 spiro atoms. The number of hydrogen-bond acceptors (Lipinski definition) is 6. The standard InChI is InChI=1S/C13H14ClN3O4/c1-7-5-17(13(18)9-3-4-19-11(9)14)6-10(20-7)12-16-15-8(2)21-12/h3-4,7,10H,5-6H2,1-2H3/t7-,10-/m1/s1. The molecule has 3 rings (SSSR count). The molecule has 2 aromatic rings. The first-order chi connectivity index (χ1) is 10.0. The molecule has 1 saturated heterocycles. The fraction of sp³-hybridized carbons (Fsp3) is 0.462. The van der Waals surface area contributed by atoms with Crippen molar-refractivity contribution in [1.29, 1.82) is 0 Å². The number of carbonyl (C=O) groups excluding carboxylic acids is 1. The SMILES string of the molecule is Cc1nnc([C@H]2CN(C(=O)c3ccoc3Cl)C[C@@H](C)O2)o1. The number of carbonyl (C=O) groups is 1. The van der Waals surface area contributed by atoms with Gasteiger partial charge in [0.1, 0.15) is 0 Å². The Kier molecular flexibility index (Phi) is 3.69. The van der Waals surface area contributed by atoms with E-state index in [-0.39, 0.29) is 17.2 Å². The van der Waals surface area contributed by atoms with Gasteiger partial charge in [-0.05, 0) is 24.6 Å². The Hall–Kier alpha value is -1.86. The lowest BCUT2D eigenvalue weighted by Gasteiger charge is -2.35. The Labute approximate surface area is 125 Å². The zero-order chi connectivity index (χ0) is 15.0. The number of halogens is 1. The van der Waals surface area contributed by atoms with Crippen molar-refractivity contribution >= 4 is 17.5 Å². The summed E-state index contributed by atoms with van der Waals surface area (Å²) in [7, 11) is 0. The molecule has 1 fully saturated rings. The Morgan fingerprint density at radius 2 is 2.24 bits per heavy atom. The molecule has 1 aliphatic heterocycles. The van der Waals surface area contributed by atoms with E-state index in [0.29, 0.717) is 30.4 Å². The van der Waals surface area contributed by atoms with Crippen molar-refractivity contribution in [3.05, 3.63) is 34.9 Å². The van der Waals surface area contributed by atoms with Crippen LogP contribution in [-0.2, 0) is 4.74 Å². The summed E-state index contributed by atoms with van der Waals surface area (Å²) in [5.74, 6) is 0.628. The Bertz CT molecular complexity index is 653. The summed E-state index contributed by atoms with van der Waals surface area (Å²) in [6, 6.07) is 1.55. The number of hydrogen-bond donors (Lipinski definition) is 0. The Balaban J connectivity index is 1.80. The highest BCUT2D eigenvalue weighted by Crippen LogP contribution is 2.27. The van der Waals surface area contributed by atoms with Crippen molar-refractivity contribution in [2.24, 2.45) is 0 Å². The van der Waals surface area contributed by atoms with Gasteiger partial charge < -0.3 is 18.5 Å². The fourth-order valence-corrected chi connectivity index (χ4v) is 2.51. The van der Waals surface area contributed by atoms with Crippen LogP contribution in [0.4, 0.5) is 0 Å².